The Morgan fingerprint density at radius 3 is 2.27 bits per heavy atom. The number of carbonyl (C=O) groups excluding carboxylic acids is 2. The number of nitrogens with zero attached hydrogens (tertiary/aromatic N) is 2. The van der Waals surface area contributed by atoms with Crippen molar-refractivity contribution in [3.05, 3.63) is 114 Å². The maximum atomic E-state index is 13.9. The fourth-order valence-electron chi connectivity index (χ4n) is 4.73. The summed E-state index contributed by atoms with van der Waals surface area (Å²) >= 11 is 0. The molecule has 0 aliphatic heterocycles. The van der Waals surface area contributed by atoms with E-state index >= 15 is 0 Å². The predicted octanol–water partition coefficient (Wildman–Crippen LogP) is 5.93. The van der Waals surface area contributed by atoms with Crippen molar-refractivity contribution in [2.24, 2.45) is 0 Å². The summed E-state index contributed by atoms with van der Waals surface area (Å²) in [5.41, 5.74) is 3.53. The Hall–Kier alpha value is -4.36. The second kappa shape index (κ2) is 11.4. The van der Waals surface area contributed by atoms with Gasteiger partial charge in [0.2, 0.25) is 5.91 Å². The summed E-state index contributed by atoms with van der Waals surface area (Å²) in [4.78, 5) is 35.6. The molecule has 2 aromatic heterocycles. The molecule has 1 amide bonds. The van der Waals surface area contributed by atoms with Crippen LogP contribution in [0.5, 0.6) is 0 Å². The van der Waals surface area contributed by atoms with Crippen LogP contribution in [0.4, 0.5) is 5.69 Å². The summed E-state index contributed by atoms with van der Waals surface area (Å²) in [7, 11) is 0. The molecule has 0 saturated heterocycles. The zero-order valence-electron chi connectivity index (χ0n) is 23.1. The smallest absolute Gasteiger partial charge is 0.338 e. The van der Waals surface area contributed by atoms with Crippen molar-refractivity contribution in [1.82, 2.24) is 15.3 Å². The van der Waals surface area contributed by atoms with Gasteiger partial charge in [-0.25, -0.2) is 4.79 Å². The Bertz CT molecular complexity index is 1460. The summed E-state index contributed by atoms with van der Waals surface area (Å²) in [6.45, 7) is 5.49. The number of nitrogens with one attached hydrogen (secondary N) is 2. The molecule has 7 heteroatoms. The van der Waals surface area contributed by atoms with Crippen LogP contribution in [0.25, 0.3) is 11.1 Å². The normalized spacial score (nSPS) is 14.7. The van der Waals surface area contributed by atoms with Gasteiger partial charge in [0.05, 0.1) is 22.8 Å². The van der Waals surface area contributed by atoms with Crippen molar-refractivity contribution in [3.8, 4) is 11.1 Å². The van der Waals surface area contributed by atoms with Gasteiger partial charge in [-0.3, -0.25) is 20.1 Å². The highest BCUT2D eigenvalue weighted by Gasteiger charge is 2.47. The maximum Gasteiger partial charge on any atom is 0.338 e. The Balaban J connectivity index is 1.45. The zero-order chi connectivity index (χ0) is 28.2. The van der Waals surface area contributed by atoms with Crippen molar-refractivity contribution in [1.29, 1.82) is 0 Å². The molecule has 1 atom stereocenters. The quantitative estimate of drug-likeness (QED) is 0.259. The van der Waals surface area contributed by atoms with Crippen molar-refractivity contribution < 1.29 is 14.3 Å². The molecule has 2 aromatic carbocycles. The highest BCUT2D eigenvalue weighted by molar-refractivity contribution is 5.98. The van der Waals surface area contributed by atoms with Crippen molar-refractivity contribution in [2.75, 3.05) is 5.32 Å². The highest BCUT2D eigenvalue weighted by Crippen LogP contribution is 2.45. The van der Waals surface area contributed by atoms with Crippen LogP contribution in [-0.4, -0.2) is 33.5 Å². The van der Waals surface area contributed by atoms with Gasteiger partial charge in [-0.2, -0.15) is 0 Å². The molecule has 5 rings (SSSR count). The summed E-state index contributed by atoms with van der Waals surface area (Å²) in [5, 5.41) is 6.72. The van der Waals surface area contributed by atoms with Gasteiger partial charge in [0.25, 0.3) is 0 Å². The van der Waals surface area contributed by atoms with Gasteiger partial charge in [0, 0.05) is 24.3 Å². The fraction of sp³-hybridized carbons (Fsp3) is 0.273. The van der Waals surface area contributed by atoms with Gasteiger partial charge in [0.15, 0.2) is 0 Å². The number of hydrogen-bond acceptors (Lipinski definition) is 6. The number of hydrogen-bond donors (Lipinski definition) is 2. The van der Waals surface area contributed by atoms with E-state index < -0.39 is 17.6 Å². The molecule has 0 unspecified atom stereocenters. The molecule has 1 aliphatic rings. The second-order valence-electron chi connectivity index (χ2n) is 11.2. The highest BCUT2D eigenvalue weighted by atomic mass is 16.6. The zero-order valence-corrected chi connectivity index (χ0v) is 23.1. The fourth-order valence-corrected chi connectivity index (χ4v) is 4.73. The first-order valence-corrected chi connectivity index (χ1v) is 13.5. The molecule has 0 spiro atoms. The number of esters is 1. The van der Waals surface area contributed by atoms with E-state index in [0.717, 1.165) is 35.2 Å². The molecular formula is C33H34N4O3. The standard InChI is InChI=1S/C33H34N4O3/c1-32(2,3)40-31(39)26-20-25(24-12-17-34-18-13-24)21-27(22-26)36-30(38)28(19-23-9-5-4-6-10-23)37-33(14-15-33)29-11-7-8-16-35-29/h4-13,16-18,20-22,28,37H,14-15,19H2,1-3H3,(H,36,38)/t28-/m0/s1. The van der Waals surface area contributed by atoms with Gasteiger partial charge < -0.3 is 10.1 Å². The van der Waals surface area contributed by atoms with Gasteiger partial charge in [0.1, 0.15) is 5.60 Å². The molecule has 204 valence electrons. The number of aromatic nitrogens is 2. The number of carbonyl (C=O) groups is 2. The average Bonchev–Trinajstić information content (AvgIpc) is 3.74. The van der Waals surface area contributed by atoms with Crippen molar-refractivity contribution in [2.45, 2.75) is 57.2 Å². The molecule has 0 radical (unpaired) electrons. The summed E-state index contributed by atoms with van der Waals surface area (Å²) in [5.74, 6) is -0.641. The summed E-state index contributed by atoms with van der Waals surface area (Å²) < 4.78 is 5.64. The minimum absolute atomic E-state index is 0.187. The van der Waals surface area contributed by atoms with Crippen LogP contribution >= 0.6 is 0 Å². The number of benzene rings is 2. The maximum absolute atomic E-state index is 13.9. The van der Waals surface area contributed by atoms with Crippen molar-refractivity contribution >= 4 is 17.6 Å². The number of amides is 1. The minimum Gasteiger partial charge on any atom is -0.456 e. The van der Waals surface area contributed by atoms with Gasteiger partial charge in [-0.15, -0.1) is 0 Å². The van der Waals surface area contributed by atoms with Crippen LogP contribution in [0.1, 0.15) is 55.2 Å². The SMILES string of the molecule is CC(C)(C)OC(=O)c1cc(NC(=O)[C@H](Cc2ccccc2)NC2(c3ccccn3)CC2)cc(-c2ccncc2)c1. The predicted molar refractivity (Wildman–Crippen MR) is 156 cm³/mol. The Morgan fingerprint density at radius 1 is 0.900 bits per heavy atom. The lowest BCUT2D eigenvalue weighted by Crippen LogP contribution is -2.47. The molecule has 4 aromatic rings. The Kier molecular flexibility index (Phi) is 7.76. The average molecular weight is 535 g/mol. The molecular weight excluding hydrogens is 500 g/mol. The molecule has 2 heterocycles. The molecule has 1 aliphatic carbocycles. The van der Waals surface area contributed by atoms with E-state index in [9.17, 15) is 9.59 Å². The van der Waals surface area contributed by atoms with Crippen LogP contribution in [0, 0.1) is 0 Å². The van der Waals surface area contributed by atoms with Gasteiger partial charge in [-0.1, -0.05) is 36.4 Å². The lowest BCUT2D eigenvalue weighted by atomic mass is 10.0. The second-order valence-corrected chi connectivity index (χ2v) is 11.2. The molecule has 1 saturated carbocycles. The van der Waals surface area contributed by atoms with Crippen LogP contribution < -0.4 is 10.6 Å². The van der Waals surface area contributed by atoms with Crippen LogP contribution in [0.2, 0.25) is 0 Å². The van der Waals surface area contributed by atoms with E-state index in [1.165, 1.54) is 0 Å². The minimum atomic E-state index is -0.651. The Labute approximate surface area is 235 Å². The third-order valence-corrected chi connectivity index (χ3v) is 6.80. The lowest BCUT2D eigenvalue weighted by molar-refractivity contribution is -0.118. The van der Waals surface area contributed by atoms with E-state index in [4.69, 9.17) is 4.74 Å². The summed E-state index contributed by atoms with van der Waals surface area (Å²) in [6, 6.07) is 24.3. The first kappa shape index (κ1) is 27.2. The first-order valence-electron chi connectivity index (χ1n) is 13.5. The topological polar surface area (TPSA) is 93.2 Å². The first-order chi connectivity index (χ1) is 19.2. The third kappa shape index (κ3) is 6.79. The summed E-state index contributed by atoms with van der Waals surface area (Å²) in [6.07, 6.45) is 7.49. The number of anilines is 1. The third-order valence-electron chi connectivity index (χ3n) is 6.80. The number of rotatable bonds is 9. The number of pyridine rings is 2. The van der Waals surface area contributed by atoms with Crippen LogP contribution in [0.3, 0.4) is 0 Å². The van der Waals surface area contributed by atoms with Crippen LogP contribution in [-0.2, 0) is 21.5 Å². The Morgan fingerprint density at radius 2 is 1.62 bits per heavy atom. The van der Waals surface area contributed by atoms with E-state index in [2.05, 4.69) is 20.6 Å². The number of ether oxygens (including phenoxy) is 1. The van der Waals surface area contributed by atoms with E-state index in [0.29, 0.717) is 17.7 Å². The van der Waals surface area contributed by atoms with Crippen molar-refractivity contribution in [3.63, 3.8) is 0 Å². The molecule has 0 bridgehead atoms. The van der Waals surface area contributed by atoms with E-state index in [1.807, 2.05) is 87.5 Å². The van der Waals surface area contributed by atoms with E-state index in [1.54, 1.807) is 30.7 Å². The lowest BCUT2D eigenvalue weighted by Gasteiger charge is -2.25. The largest absolute Gasteiger partial charge is 0.456 e. The van der Waals surface area contributed by atoms with Gasteiger partial charge in [-0.05, 0) is 99.2 Å². The monoisotopic (exact) mass is 534 g/mol. The molecule has 40 heavy (non-hydrogen) atoms. The van der Waals surface area contributed by atoms with E-state index in [-0.39, 0.29) is 11.4 Å². The molecule has 1 fully saturated rings. The molecule has 7 nitrogen and oxygen atoms in total. The van der Waals surface area contributed by atoms with Crippen LogP contribution in [0.15, 0.2) is 97.5 Å². The molecule has 2 N–H and O–H groups in total. The van der Waals surface area contributed by atoms with Gasteiger partial charge >= 0.3 is 5.97 Å².